The van der Waals surface area contributed by atoms with Crippen LogP contribution in [-0.4, -0.2) is 55.4 Å². The normalized spacial score (nSPS) is 15.5. The summed E-state index contributed by atoms with van der Waals surface area (Å²) in [6, 6.07) is 5.03. The first-order chi connectivity index (χ1) is 9.20. The lowest BCUT2D eigenvalue weighted by atomic mass is 9.79. The van der Waals surface area contributed by atoms with E-state index in [1.807, 2.05) is 0 Å². The molecule has 6 heteroatoms. The molecule has 0 amide bonds. The highest BCUT2D eigenvalue weighted by Gasteiger charge is 2.19. The van der Waals surface area contributed by atoms with E-state index in [-0.39, 0.29) is 0 Å². The molecule has 1 aliphatic rings. The van der Waals surface area contributed by atoms with Crippen molar-refractivity contribution in [2.45, 2.75) is 12.8 Å². The second-order valence-corrected chi connectivity index (χ2v) is 4.67. The Morgan fingerprint density at radius 2 is 2.00 bits per heavy atom. The summed E-state index contributed by atoms with van der Waals surface area (Å²) >= 11 is 0. The number of ether oxygens (including phenoxy) is 2. The molecule has 19 heavy (non-hydrogen) atoms. The molecule has 2 rings (SSSR count). The molecule has 0 bridgehead atoms. The minimum atomic E-state index is -1.56. The van der Waals surface area contributed by atoms with Crippen LogP contribution in [-0.2, 0) is 0 Å². The maximum absolute atomic E-state index is 9.34. The van der Waals surface area contributed by atoms with E-state index in [9.17, 15) is 10.0 Å². The van der Waals surface area contributed by atoms with E-state index >= 15 is 0 Å². The molecule has 0 aliphatic carbocycles. The fourth-order valence-electron chi connectivity index (χ4n) is 2.28. The Labute approximate surface area is 113 Å². The Morgan fingerprint density at radius 1 is 1.26 bits per heavy atom. The molecule has 1 aromatic carbocycles. The van der Waals surface area contributed by atoms with Crippen LogP contribution in [0.5, 0.6) is 11.5 Å². The lowest BCUT2D eigenvalue weighted by Crippen LogP contribution is -2.33. The van der Waals surface area contributed by atoms with Gasteiger partial charge in [-0.3, -0.25) is 4.90 Å². The van der Waals surface area contributed by atoms with Crippen molar-refractivity contribution < 1.29 is 19.5 Å². The van der Waals surface area contributed by atoms with Crippen LogP contribution in [0.2, 0.25) is 0 Å². The molecule has 0 unspecified atom stereocenters. The summed E-state index contributed by atoms with van der Waals surface area (Å²) in [5, 5.41) is 18.7. The Bertz CT molecular complexity index is 408. The van der Waals surface area contributed by atoms with Gasteiger partial charge in [-0.2, -0.15) is 0 Å². The molecule has 0 radical (unpaired) electrons. The third-order valence-corrected chi connectivity index (χ3v) is 3.36. The molecule has 1 saturated heterocycles. The van der Waals surface area contributed by atoms with Gasteiger partial charge in [0.25, 0.3) is 0 Å². The molecule has 0 saturated carbocycles. The Morgan fingerprint density at radius 3 is 2.63 bits per heavy atom. The van der Waals surface area contributed by atoms with E-state index in [1.54, 1.807) is 18.2 Å². The van der Waals surface area contributed by atoms with Crippen molar-refractivity contribution in [3.63, 3.8) is 0 Å². The zero-order valence-corrected chi connectivity index (χ0v) is 11.2. The SMILES string of the molecule is COc1ccc(OCCN2CCCC2)c(B(O)O)c1. The Hall–Kier alpha value is -1.24. The number of methoxy groups -OCH3 is 1. The number of hydrogen-bond acceptors (Lipinski definition) is 5. The minimum Gasteiger partial charge on any atom is -0.497 e. The third-order valence-electron chi connectivity index (χ3n) is 3.36. The van der Waals surface area contributed by atoms with Gasteiger partial charge in [-0.1, -0.05) is 0 Å². The van der Waals surface area contributed by atoms with Crippen molar-refractivity contribution in [1.29, 1.82) is 0 Å². The lowest BCUT2D eigenvalue weighted by molar-refractivity contribution is 0.238. The molecule has 0 spiro atoms. The van der Waals surface area contributed by atoms with Crippen LogP contribution in [0.25, 0.3) is 0 Å². The number of rotatable bonds is 6. The van der Waals surface area contributed by atoms with Gasteiger partial charge in [0, 0.05) is 12.0 Å². The van der Waals surface area contributed by atoms with Crippen LogP contribution in [0, 0.1) is 0 Å². The van der Waals surface area contributed by atoms with Crippen LogP contribution in [0.3, 0.4) is 0 Å². The van der Waals surface area contributed by atoms with Crippen molar-refractivity contribution >= 4 is 12.6 Å². The molecule has 1 aliphatic heterocycles. The van der Waals surface area contributed by atoms with E-state index in [4.69, 9.17) is 9.47 Å². The zero-order valence-electron chi connectivity index (χ0n) is 11.2. The summed E-state index contributed by atoms with van der Waals surface area (Å²) in [5.74, 6) is 1.07. The first-order valence-electron chi connectivity index (χ1n) is 6.60. The van der Waals surface area contributed by atoms with Crippen LogP contribution in [0.15, 0.2) is 18.2 Å². The van der Waals surface area contributed by atoms with Gasteiger partial charge in [-0.05, 0) is 44.1 Å². The highest BCUT2D eigenvalue weighted by Crippen LogP contribution is 2.16. The fraction of sp³-hybridized carbons (Fsp3) is 0.538. The zero-order chi connectivity index (χ0) is 13.7. The van der Waals surface area contributed by atoms with Crippen LogP contribution in [0.1, 0.15) is 12.8 Å². The molecule has 1 aromatic rings. The van der Waals surface area contributed by atoms with Gasteiger partial charge in [0.2, 0.25) is 0 Å². The predicted molar refractivity (Wildman–Crippen MR) is 74.0 cm³/mol. The highest BCUT2D eigenvalue weighted by atomic mass is 16.5. The van der Waals surface area contributed by atoms with Gasteiger partial charge < -0.3 is 19.5 Å². The largest absolute Gasteiger partial charge is 0.497 e. The Balaban J connectivity index is 1.94. The molecular weight excluding hydrogens is 245 g/mol. The van der Waals surface area contributed by atoms with Gasteiger partial charge in [-0.25, -0.2) is 0 Å². The summed E-state index contributed by atoms with van der Waals surface area (Å²) in [4.78, 5) is 2.35. The molecular formula is C13H20BNO4. The second kappa shape index (κ2) is 6.79. The second-order valence-electron chi connectivity index (χ2n) is 4.67. The number of benzene rings is 1. The molecule has 5 nitrogen and oxygen atoms in total. The molecule has 0 aromatic heterocycles. The summed E-state index contributed by atoms with van der Waals surface area (Å²) < 4.78 is 10.7. The van der Waals surface area contributed by atoms with Gasteiger partial charge in [-0.15, -0.1) is 0 Å². The van der Waals surface area contributed by atoms with Gasteiger partial charge >= 0.3 is 7.12 Å². The van der Waals surface area contributed by atoms with Crippen LogP contribution < -0.4 is 14.9 Å². The van der Waals surface area contributed by atoms with Crippen LogP contribution in [0.4, 0.5) is 0 Å². The highest BCUT2D eigenvalue weighted by molar-refractivity contribution is 6.59. The number of likely N-dealkylation sites (tertiary alicyclic amines) is 1. The van der Waals surface area contributed by atoms with Gasteiger partial charge in [0.05, 0.1) is 7.11 Å². The summed E-state index contributed by atoms with van der Waals surface area (Å²) in [6.07, 6.45) is 2.51. The average molecular weight is 265 g/mol. The molecule has 1 fully saturated rings. The predicted octanol–water partition coefficient (Wildman–Crippen LogP) is -0.150. The van der Waals surface area contributed by atoms with Gasteiger partial charge in [0.15, 0.2) is 0 Å². The van der Waals surface area contributed by atoms with Crippen molar-refractivity contribution in [2.75, 3.05) is 33.4 Å². The standard InChI is InChI=1S/C13H20BNO4/c1-18-11-4-5-13(12(10-11)14(16)17)19-9-8-15-6-2-3-7-15/h4-5,10,16-17H,2-3,6-9H2,1H3. The van der Waals surface area contributed by atoms with E-state index in [0.29, 0.717) is 23.6 Å². The minimum absolute atomic E-state index is 0.334. The molecule has 104 valence electrons. The van der Waals surface area contributed by atoms with E-state index in [1.165, 1.54) is 20.0 Å². The summed E-state index contributed by atoms with van der Waals surface area (Å²) in [7, 11) is -0.0200. The average Bonchev–Trinajstić information content (AvgIpc) is 2.92. The van der Waals surface area contributed by atoms with E-state index in [0.717, 1.165) is 19.6 Å². The van der Waals surface area contributed by atoms with Crippen molar-refractivity contribution in [3.05, 3.63) is 18.2 Å². The van der Waals surface area contributed by atoms with Gasteiger partial charge in [0.1, 0.15) is 18.1 Å². The lowest BCUT2D eigenvalue weighted by Gasteiger charge is -2.16. The maximum atomic E-state index is 9.34. The molecule has 2 N–H and O–H groups in total. The third kappa shape index (κ3) is 3.86. The molecule has 0 atom stereocenters. The number of nitrogens with zero attached hydrogens (tertiary/aromatic N) is 1. The quantitative estimate of drug-likeness (QED) is 0.700. The van der Waals surface area contributed by atoms with E-state index in [2.05, 4.69) is 4.90 Å². The first kappa shape index (κ1) is 14.2. The smallest absolute Gasteiger partial charge is 0.492 e. The number of hydrogen-bond donors (Lipinski definition) is 2. The summed E-state index contributed by atoms with van der Waals surface area (Å²) in [6.45, 7) is 3.67. The van der Waals surface area contributed by atoms with E-state index < -0.39 is 7.12 Å². The van der Waals surface area contributed by atoms with Crippen LogP contribution >= 0.6 is 0 Å². The van der Waals surface area contributed by atoms with Crippen molar-refractivity contribution in [3.8, 4) is 11.5 Å². The Kier molecular flexibility index (Phi) is 5.07. The maximum Gasteiger partial charge on any atom is 0.492 e. The summed E-state index contributed by atoms with van der Waals surface area (Å²) in [5.41, 5.74) is 0.334. The van der Waals surface area contributed by atoms with Crippen molar-refractivity contribution in [1.82, 2.24) is 4.90 Å². The monoisotopic (exact) mass is 265 g/mol. The van der Waals surface area contributed by atoms with Crippen molar-refractivity contribution in [2.24, 2.45) is 0 Å². The first-order valence-corrected chi connectivity index (χ1v) is 6.60. The topological polar surface area (TPSA) is 62.2 Å². The fourth-order valence-corrected chi connectivity index (χ4v) is 2.28. The molecule has 1 heterocycles.